The third kappa shape index (κ3) is 4.16. The second kappa shape index (κ2) is 9.26. The number of pyridine rings is 1. The topological polar surface area (TPSA) is 12.9 Å². The molecule has 1 nitrogen and oxygen atoms in total. The van der Waals surface area contributed by atoms with Crippen molar-refractivity contribution in [2.45, 2.75) is 52.9 Å². The van der Waals surface area contributed by atoms with Crippen molar-refractivity contribution >= 4 is 5.57 Å². The van der Waals surface area contributed by atoms with E-state index in [0.29, 0.717) is 0 Å². The molecule has 0 saturated carbocycles. The number of allylic oxidation sites excluding steroid dienone is 4. The van der Waals surface area contributed by atoms with Crippen molar-refractivity contribution in [3.05, 3.63) is 95.2 Å². The summed E-state index contributed by atoms with van der Waals surface area (Å²) < 4.78 is 0. The van der Waals surface area contributed by atoms with Gasteiger partial charge in [0, 0.05) is 5.56 Å². The third-order valence-corrected chi connectivity index (χ3v) is 6.18. The molecule has 2 aromatic carbocycles. The highest BCUT2D eigenvalue weighted by Gasteiger charge is 2.15. The van der Waals surface area contributed by atoms with Crippen LogP contribution in [0.5, 0.6) is 0 Å². The van der Waals surface area contributed by atoms with Gasteiger partial charge in [-0.1, -0.05) is 87.0 Å². The molecule has 30 heavy (non-hydrogen) atoms. The van der Waals surface area contributed by atoms with Crippen LogP contribution in [0.1, 0.15) is 56.9 Å². The van der Waals surface area contributed by atoms with Gasteiger partial charge < -0.3 is 0 Å². The van der Waals surface area contributed by atoms with Gasteiger partial charge in [-0.3, -0.25) is 0 Å². The van der Waals surface area contributed by atoms with Gasteiger partial charge in [-0.15, -0.1) is 0 Å². The summed E-state index contributed by atoms with van der Waals surface area (Å²) in [6.07, 6.45) is 10.00. The van der Waals surface area contributed by atoms with Gasteiger partial charge in [0.15, 0.2) is 0 Å². The first-order valence-corrected chi connectivity index (χ1v) is 11.3. The average molecular weight is 394 g/mol. The summed E-state index contributed by atoms with van der Waals surface area (Å²) in [5, 5.41) is 0. The van der Waals surface area contributed by atoms with E-state index in [1.807, 2.05) is 0 Å². The van der Waals surface area contributed by atoms with Crippen LogP contribution >= 0.6 is 0 Å². The number of aromatic nitrogens is 1. The summed E-state index contributed by atoms with van der Waals surface area (Å²) in [6.45, 7) is 6.68. The SMILES string of the molecule is CCC1=C(c2cc(-c3ccc(CC)cc3)cc(-c3ccccc3CC)n2)C=CCC1. The summed E-state index contributed by atoms with van der Waals surface area (Å²) in [5.41, 5.74) is 11.4. The largest absolute Gasteiger partial charge is 0.248 e. The second-order valence-electron chi connectivity index (χ2n) is 8.00. The van der Waals surface area contributed by atoms with Crippen LogP contribution in [0.2, 0.25) is 0 Å². The lowest BCUT2D eigenvalue weighted by atomic mass is 9.91. The molecular weight excluding hydrogens is 362 g/mol. The van der Waals surface area contributed by atoms with Gasteiger partial charge in [0.05, 0.1) is 11.4 Å². The van der Waals surface area contributed by atoms with Crippen LogP contribution < -0.4 is 0 Å². The Morgan fingerprint density at radius 1 is 0.767 bits per heavy atom. The van der Waals surface area contributed by atoms with E-state index in [9.17, 15) is 0 Å². The molecule has 0 unspecified atom stereocenters. The fourth-order valence-corrected chi connectivity index (χ4v) is 4.33. The van der Waals surface area contributed by atoms with Crippen molar-refractivity contribution < 1.29 is 0 Å². The number of aryl methyl sites for hydroxylation is 2. The maximum Gasteiger partial charge on any atom is 0.0718 e. The van der Waals surface area contributed by atoms with E-state index in [1.54, 1.807) is 0 Å². The minimum atomic E-state index is 1.01. The molecule has 3 aromatic rings. The van der Waals surface area contributed by atoms with Gasteiger partial charge in [0.1, 0.15) is 0 Å². The first-order valence-electron chi connectivity index (χ1n) is 11.3. The molecule has 0 radical (unpaired) electrons. The Hall–Kier alpha value is -2.93. The monoisotopic (exact) mass is 393 g/mol. The fraction of sp³-hybridized carbons (Fsp3) is 0.276. The van der Waals surface area contributed by atoms with E-state index in [2.05, 4.69) is 93.6 Å². The molecule has 1 aliphatic carbocycles. The normalized spacial score (nSPS) is 13.7. The number of benzene rings is 2. The lowest BCUT2D eigenvalue weighted by Crippen LogP contribution is -2.00. The maximum atomic E-state index is 5.18. The van der Waals surface area contributed by atoms with Crippen LogP contribution in [0.25, 0.3) is 28.0 Å². The average Bonchev–Trinajstić information content (AvgIpc) is 2.83. The smallest absolute Gasteiger partial charge is 0.0718 e. The lowest BCUT2D eigenvalue weighted by molar-refractivity contribution is 0.899. The highest BCUT2D eigenvalue weighted by Crippen LogP contribution is 2.34. The number of hydrogen-bond acceptors (Lipinski definition) is 1. The molecular formula is C29H31N. The van der Waals surface area contributed by atoms with Crippen LogP contribution in [0, 0.1) is 0 Å². The Morgan fingerprint density at radius 2 is 1.53 bits per heavy atom. The van der Waals surface area contributed by atoms with E-state index in [-0.39, 0.29) is 0 Å². The number of rotatable bonds is 6. The number of hydrogen-bond donors (Lipinski definition) is 0. The van der Waals surface area contributed by atoms with Crippen LogP contribution in [0.3, 0.4) is 0 Å². The van der Waals surface area contributed by atoms with E-state index in [1.165, 1.54) is 39.0 Å². The predicted octanol–water partition coefficient (Wildman–Crippen LogP) is 8.05. The zero-order valence-corrected chi connectivity index (χ0v) is 18.4. The summed E-state index contributed by atoms with van der Waals surface area (Å²) in [5.74, 6) is 0. The molecule has 0 amide bonds. The highest BCUT2D eigenvalue weighted by molar-refractivity contribution is 5.81. The van der Waals surface area contributed by atoms with Crippen molar-refractivity contribution in [1.82, 2.24) is 4.98 Å². The van der Waals surface area contributed by atoms with Crippen molar-refractivity contribution in [2.24, 2.45) is 0 Å². The summed E-state index contributed by atoms with van der Waals surface area (Å²) in [7, 11) is 0. The van der Waals surface area contributed by atoms with Crippen molar-refractivity contribution in [2.75, 3.05) is 0 Å². The van der Waals surface area contributed by atoms with Crippen LogP contribution in [-0.2, 0) is 12.8 Å². The Bertz CT molecular complexity index is 1080. The molecule has 1 aliphatic rings. The minimum Gasteiger partial charge on any atom is -0.248 e. The van der Waals surface area contributed by atoms with Crippen LogP contribution in [0.15, 0.2) is 78.4 Å². The maximum absolute atomic E-state index is 5.18. The zero-order valence-electron chi connectivity index (χ0n) is 18.4. The Labute approximate surface area is 181 Å². The standard InChI is InChI=1S/C29H31N/c1-4-21-15-17-24(18-16-21)25-19-28(26-13-9-7-11-22(26)5-2)30-29(20-25)27-14-10-8-12-23(27)6-3/h7,9-11,13-20H,4-6,8,12H2,1-3H3. The van der Waals surface area contributed by atoms with Crippen LogP contribution in [0.4, 0.5) is 0 Å². The summed E-state index contributed by atoms with van der Waals surface area (Å²) in [4.78, 5) is 5.18. The van der Waals surface area contributed by atoms with Crippen molar-refractivity contribution in [3.8, 4) is 22.4 Å². The second-order valence-corrected chi connectivity index (χ2v) is 8.00. The first kappa shape index (κ1) is 20.3. The Morgan fingerprint density at radius 3 is 2.27 bits per heavy atom. The molecule has 0 bridgehead atoms. The van der Waals surface area contributed by atoms with Gasteiger partial charge in [-0.25, -0.2) is 4.98 Å². The van der Waals surface area contributed by atoms with E-state index in [4.69, 9.17) is 4.98 Å². The zero-order chi connectivity index (χ0) is 20.9. The predicted molar refractivity (Wildman–Crippen MR) is 129 cm³/mol. The van der Waals surface area contributed by atoms with Crippen molar-refractivity contribution in [1.29, 1.82) is 0 Å². The minimum absolute atomic E-state index is 1.01. The summed E-state index contributed by atoms with van der Waals surface area (Å²) >= 11 is 0. The Balaban J connectivity index is 1.92. The van der Waals surface area contributed by atoms with Gasteiger partial charge >= 0.3 is 0 Å². The fourth-order valence-electron chi connectivity index (χ4n) is 4.33. The van der Waals surface area contributed by atoms with Crippen LogP contribution in [-0.4, -0.2) is 4.98 Å². The lowest BCUT2D eigenvalue weighted by Gasteiger charge is -2.17. The molecule has 0 fully saturated rings. The van der Waals surface area contributed by atoms with Gasteiger partial charge in [0.2, 0.25) is 0 Å². The molecule has 0 spiro atoms. The molecule has 0 N–H and O–H groups in total. The molecule has 4 rings (SSSR count). The molecule has 0 aliphatic heterocycles. The third-order valence-electron chi connectivity index (χ3n) is 6.18. The number of nitrogens with zero attached hydrogens (tertiary/aromatic N) is 1. The van der Waals surface area contributed by atoms with E-state index >= 15 is 0 Å². The molecule has 0 atom stereocenters. The summed E-state index contributed by atoms with van der Waals surface area (Å²) in [6, 6.07) is 22.2. The van der Waals surface area contributed by atoms with Gasteiger partial charge in [-0.2, -0.15) is 0 Å². The molecule has 1 heteroatoms. The molecule has 1 aromatic heterocycles. The molecule has 152 valence electrons. The van der Waals surface area contributed by atoms with E-state index in [0.717, 1.165) is 43.5 Å². The van der Waals surface area contributed by atoms with E-state index < -0.39 is 0 Å². The first-order chi connectivity index (χ1) is 14.7. The molecule has 0 saturated heterocycles. The van der Waals surface area contributed by atoms with Crippen molar-refractivity contribution in [3.63, 3.8) is 0 Å². The van der Waals surface area contributed by atoms with Gasteiger partial charge in [0.25, 0.3) is 0 Å². The Kier molecular flexibility index (Phi) is 6.28. The highest BCUT2D eigenvalue weighted by atomic mass is 14.7. The quantitative estimate of drug-likeness (QED) is 0.413. The van der Waals surface area contributed by atoms with Gasteiger partial charge in [-0.05, 0) is 72.1 Å². The molecule has 1 heterocycles.